The highest BCUT2D eigenvalue weighted by Crippen LogP contribution is 2.24. The van der Waals surface area contributed by atoms with Crippen molar-refractivity contribution < 1.29 is 39.8 Å². The molecule has 0 aromatic heterocycles. The minimum absolute atomic E-state index is 0.165. The van der Waals surface area contributed by atoms with E-state index in [1.165, 1.54) is 392 Å². The second-order valence-electron chi connectivity index (χ2n) is 29.3. The SMILES string of the molecule is CCCCCCCCCCCCCCCCCCCCCCCCCCCCCCCCC/C=C/C(O)C(COC1OC(CO)C(O)C(O)C1O)NC(=O)CCCCCCCCCCCCCCCCCCCCCCCCCCCCCCCCCCCCC. The van der Waals surface area contributed by atoms with Crippen molar-refractivity contribution in [3.8, 4) is 0 Å². The average molecular weight is 1290 g/mol. The molecule has 6 N–H and O–H groups in total. The maximum absolute atomic E-state index is 13.2. The Morgan fingerprint density at radius 3 is 0.857 bits per heavy atom. The second-order valence-corrected chi connectivity index (χ2v) is 29.3. The van der Waals surface area contributed by atoms with Gasteiger partial charge in [0, 0.05) is 6.42 Å². The maximum atomic E-state index is 13.2. The van der Waals surface area contributed by atoms with Gasteiger partial charge in [-0.1, -0.05) is 437 Å². The van der Waals surface area contributed by atoms with E-state index in [-0.39, 0.29) is 12.5 Å². The maximum Gasteiger partial charge on any atom is 0.220 e. The van der Waals surface area contributed by atoms with Gasteiger partial charge in [-0.2, -0.15) is 0 Å². The fourth-order valence-electron chi connectivity index (χ4n) is 13.9. The zero-order valence-corrected chi connectivity index (χ0v) is 61.2. The molecule has 542 valence electrons. The molecule has 0 radical (unpaired) electrons. The van der Waals surface area contributed by atoms with Crippen molar-refractivity contribution in [2.75, 3.05) is 13.2 Å². The third-order valence-electron chi connectivity index (χ3n) is 20.4. The van der Waals surface area contributed by atoms with Crippen molar-refractivity contribution in [3.05, 3.63) is 12.2 Å². The molecular weight excluding hydrogens is 1130 g/mol. The molecule has 0 aliphatic carbocycles. The number of nitrogens with one attached hydrogen (secondary N) is 1. The molecule has 0 bridgehead atoms. The highest BCUT2D eigenvalue weighted by molar-refractivity contribution is 5.76. The van der Waals surface area contributed by atoms with E-state index in [0.29, 0.717) is 6.42 Å². The van der Waals surface area contributed by atoms with Gasteiger partial charge < -0.3 is 40.3 Å². The molecule has 1 aliphatic heterocycles. The van der Waals surface area contributed by atoms with Gasteiger partial charge in [0.1, 0.15) is 24.4 Å². The zero-order chi connectivity index (χ0) is 65.7. The monoisotopic (exact) mass is 1290 g/mol. The highest BCUT2D eigenvalue weighted by Gasteiger charge is 2.44. The molecule has 91 heavy (non-hydrogen) atoms. The Morgan fingerprint density at radius 1 is 0.363 bits per heavy atom. The molecule has 1 saturated heterocycles. The van der Waals surface area contributed by atoms with Crippen molar-refractivity contribution in [2.45, 2.75) is 493 Å². The van der Waals surface area contributed by atoms with Gasteiger partial charge in [0.05, 0.1) is 25.4 Å². The normalized spacial score (nSPS) is 17.6. The Morgan fingerprint density at radius 2 is 0.604 bits per heavy atom. The van der Waals surface area contributed by atoms with Crippen molar-refractivity contribution in [3.63, 3.8) is 0 Å². The molecule has 1 aliphatic rings. The van der Waals surface area contributed by atoms with Crippen LogP contribution in [-0.4, -0.2) is 87.5 Å². The van der Waals surface area contributed by atoms with Crippen molar-refractivity contribution in [1.82, 2.24) is 5.32 Å². The summed E-state index contributed by atoms with van der Waals surface area (Å²) in [5.41, 5.74) is 0. The first-order valence-corrected chi connectivity index (χ1v) is 41.4. The summed E-state index contributed by atoms with van der Waals surface area (Å²) in [5.74, 6) is -0.165. The number of aliphatic hydroxyl groups excluding tert-OH is 5. The van der Waals surface area contributed by atoms with E-state index in [1.807, 2.05) is 6.08 Å². The topological polar surface area (TPSA) is 149 Å². The number of ether oxygens (including phenoxy) is 2. The van der Waals surface area contributed by atoms with Gasteiger partial charge >= 0.3 is 0 Å². The summed E-state index contributed by atoms with van der Waals surface area (Å²) in [7, 11) is 0. The number of unbranched alkanes of at least 4 members (excludes halogenated alkanes) is 65. The van der Waals surface area contributed by atoms with Gasteiger partial charge in [-0.05, 0) is 19.3 Å². The van der Waals surface area contributed by atoms with Crippen LogP contribution in [0.2, 0.25) is 0 Å². The molecule has 0 saturated carbocycles. The third-order valence-corrected chi connectivity index (χ3v) is 20.4. The van der Waals surface area contributed by atoms with Crippen LogP contribution >= 0.6 is 0 Å². The van der Waals surface area contributed by atoms with Crippen molar-refractivity contribution in [1.29, 1.82) is 0 Å². The van der Waals surface area contributed by atoms with Crippen LogP contribution in [0.1, 0.15) is 450 Å². The lowest BCUT2D eigenvalue weighted by molar-refractivity contribution is -0.302. The molecule has 1 fully saturated rings. The summed E-state index contributed by atoms with van der Waals surface area (Å²) < 4.78 is 11.4. The number of hydrogen-bond donors (Lipinski definition) is 6. The molecule has 1 rings (SSSR count). The fraction of sp³-hybridized carbons (Fsp3) is 0.963. The number of amides is 1. The van der Waals surface area contributed by atoms with E-state index >= 15 is 0 Å². The summed E-state index contributed by atoms with van der Waals surface area (Å²) >= 11 is 0. The van der Waals surface area contributed by atoms with E-state index in [1.54, 1.807) is 6.08 Å². The van der Waals surface area contributed by atoms with E-state index in [0.717, 1.165) is 38.5 Å². The quantitative estimate of drug-likeness (QED) is 0.0261. The second kappa shape index (κ2) is 71.7. The molecule has 0 spiro atoms. The van der Waals surface area contributed by atoms with Gasteiger partial charge in [0.2, 0.25) is 5.91 Å². The first kappa shape index (κ1) is 87.9. The van der Waals surface area contributed by atoms with Gasteiger partial charge in [-0.3, -0.25) is 4.79 Å². The van der Waals surface area contributed by atoms with Crippen molar-refractivity contribution >= 4 is 5.91 Å². The molecule has 0 aromatic rings. The Balaban J connectivity index is 2.04. The van der Waals surface area contributed by atoms with E-state index in [4.69, 9.17) is 9.47 Å². The minimum Gasteiger partial charge on any atom is -0.394 e. The number of carbonyl (C=O) groups excluding carboxylic acids is 1. The number of carbonyl (C=O) groups is 1. The molecule has 1 heterocycles. The van der Waals surface area contributed by atoms with Crippen LogP contribution in [0.3, 0.4) is 0 Å². The largest absolute Gasteiger partial charge is 0.394 e. The average Bonchev–Trinajstić information content (AvgIpc) is 1.56. The Labute approximate surface area is 567 Å². The zero-order valence-electron chi connectivity index (χ0n) is 61.2. The molecular formula is C82H161NO8. The molecule has 7 unspecified atom stereocenters. The highest BCUT2D eigenvalue weighted by atomic mass is 16.7. The summed E-state index contributed by atoms with van der Waals surface area (Å²) in [5, 5.41) is 55.0. The summed E-state index contributed by atoms with van der Waals surface area (Å²) in [6, 6.07) is -0.803. The third kappa shape index (κ3) is 59.9. The van der Waals surface area contributed by atoms with E-state index < -0.39 is 49.5 Å². The number of hydrogen-bond acceptors (Lipinski definition) is 8. The lowest BCUT2D eigenvalue weighted by atomic mass is 9.99. The number of aliphatic hydroxyl groups is 5. The molecule has 0 aromatic carbocycles. The predicted molar refractivity (Wildman–Crippen MR) is 392 cm³/mol. The Kier molecular flexibility index (Phi) is 69.3. The standard InChI is InChI=1S/C82H161NO8/c1-3-5-7-9-11-13-15-17-19-21-23-25-27-29-31-33-35-37-38-40-42-44-46-48-50-52-54-56-58-60-62-64-66-68-70-72-78(86)83-75(74-90-82-81(89)80(88)79(87)77(73-84)91-82)76(85)71-69-67-65-63-61-59-57-55-53-51-49-47-45-43-41-39-36-34-32-30-28-26-24-22-20-18-16-14-12-10-8-6-4-2/h69,71,75-77,79-82,84-85,87-89H,3-68,70,72-74H2,1-2H3,(H,83,86)/b71-69+. The van der Waals surface area contributed by atoms with Gasteiger partial charge in [0.25, 0.3) is 0 Å². The Hall–Kier alpha value is -1.07. The fourth-order valence-corrected chi connectivity index (χ4v) is 13.9. The molecule has 9 heteroatoms. The molecule has 7 atom stereocenters. The first-order valence-electron chi connectivity index (χ1n) is 41.4. The van der Waals surface area contributed by atoms with Crippen molar-refractivity contribution in [2.24, 2.45) is 0 Å². The summed E-state index contributed by atoms with van der Waals surface area (Å²) in [6.07, 6.45) is 88.1. The van der Waals surface area contributed by atoms with Crippen LogP contribution in [0.15, 0.2) is 12.2 Å². The van der Waals surface area contributed by atoms with Crippen LogP contribution in [0.5, 0.6) is 0 Å². The predicted octanol–water partition coefficient (Wildman–Crippen LogP) is 23.8. The van der Waals surface area contributed by atoms with Gasteiger partial charge in [-0.25, -0.2) is 0 Å². The lowest BCUT2D eigenvalue weighted by Crippen LogP contribution is -2.60. The molecule has 1 amide bonds. The van der Waals surface area contributed by atoms with Crippen LogP contribution in [0.4, 0.5) is 0 Å². The van der Waals surface area contributed by atoms with E-state index in [9.17, 15) is 30.3 Å². The first-order chi connectivity index (χ1) is 44.8. The Bertz CT molecular complexity index is 1450. The summed E-state index contributed by atoms with van der Waals surface area (Å²) in [6.45, 7) is 3.86. The summed E-state index contributed by atoms with van der Waals surface area (Å²) in [4.78, 5) is 13.2. The van der Waals surface area contributed by atoms with Crippen LogP contribution < -0.4 is 5.32 Å². The van der Waals surface area contributed by atoms with Crippen LogP contribution in [0, 0.1) is 0 Å². The van der Waals surface area contributed by atoms with Crippen LogP contribution in [0.25, 0.3) is 0 Å². The smallest absolute Gasteiger partial charge is 0.220 e. The minimum atomic E-state index is -1.57. The van der Waals surface area contributed by atoms with Crippen LogP contribution in [-0.2, 0) is 14.3 Å². The van der Waals surface area contributed by atoms with E-state index in [2.05, 4.69) is 19.2 Å². The number of rotatable bonds is 75. The van der Waals surface area contributed by atoms with Gasteiger partial charge in [0.15, 0.2) is 6.29 Å². The van der Waals surface area contributed by atoms with Gasteiger partial charge in [-0.15, -0.1) is 0 Å². The number of allylic oxidation sites excluding steroid dienone is 1. The molecule has 9 nitrogen and oxygen atoms in total. The lowest BCUT2D eigenvalue weighted by Gasteiger charge is -2.40.